The van der Waals surface area contributed by atoms with Crippen LogP contribution in [0.5, 0.6) is 5.75 Å². The minimum absolute atomic E-state index is 0.188. The lowest BCUT2D eigenvalue weighted by Crippen LogP contribution is -2.22. The van der Waals surface area contributed by atoms with Crippen LogP contribution >= 0.6 is 11.3 Å². The zero-order valence-electron chi connectivity index (χ0n) is 15.1. The Hall–Kier alpha value is -2.49. The first-order chi connectivity index (χ1) is 12.8. The van der Waals surface area contributed by atoms with Gasteiger partial charge >= 0.3 is 0 Å². The number of nitrogens with one attached hydrogen (secondary N) is 1. The molecule has 1 heterocycles. The number of aromatic nitrogens is 1. The maximum atomic E-state index is 12.4. The summed E-state index contributed by atoms with van der Waals surface area (Å²) in [7, 11) is -0.559. The standard InChI is InChI=1S/C18H19N3O4S2/c1-4-25-13-7-5-12(6-8-13)17(22)20-18-19-15-10-9-14(11-16(15)26-18)27(23,24)21(2)3/h5-11H,4H2,1-3H3,(H,19,20,22). The van der Waals surface area contributed by atoms with E-state index in [0.29, 0.717) is 33.3 Å². The fourth-order valence-electron chi connectivity index (χ4n) is 2.37. The van der Waals surface area contributed by atoms with Crippen molar-refractivity contribution in [1.29, 1.82) is 0 Å². The number of thiazole rings is 1. The number of nitrogens with zero attached hydrogens (tertiary/aromatic N) is 2. The van der Waals surface area contributed by atoms with Gasteiger partial charge in [-0.15, -0.1) is 0 Å². The van der Waals surface area contributed by atoms with E-state index in [9.17, 15) is 13.2 Å². The Kier molecular flexibility index (Phi) is 5.45. The van der Waals surface area contributed by atoms with Gasteiger partial charge in [-0.3, -0.25) is 10.1 Å². The van der Waals surface area contributed by atoms with Crippen molar-refractivity contribution >= 4 is 42.6 Å². The number of anilines is 1. The Balaban J connectivity index is 1.82. The predicted molar refractivity (Wildman–Crippen MR) is 106 cm³/mol. The first-order valence-electron chi connectivity index (χ1n) is 8.18. The third-order valence-electron chi connectivity index (χ3n) is 3.79. The van der Waals surface area contributed by atoms with Crippen LogP contribution < -0.4 is 10.1 Å². The quantitative estimate of drug-likeness (QED) is 0.680. The molecule has 9 heteroatoms. The summed E-state index contributed by atoms with van der Waals surface area (Å²) in [4.78, 5) is 16.9. The van der Waals surface area contributed by atoms with Crippen LogP contribution in [0.1, 0.15) is 17.3 Å². The summed E-state index contributed by atoms with van der Waals surface area (Å²) in [6.45, 7) is 2.45. The largest absolute Gasteiger partial charge is 0.494 e. The highest BCUT2D eigenvalue weighted by atomic mass is 32.2. The lowest BCUT2D eigenvalue weighted by Gasteiger charge is -2.10. The van der Waals surface area contributed by atoms with Gasteiger partial charge in [-0.25, -0.2) is 17.7 Å². The van der Waals surface area contributed by atoms with Crippen molar-refractivity contribution in [3.8, 4) is 5.75 Å². The van der Waals surface area contributed by atoms with Crippen molar-refractivity contribution in [2.75, 3.05) is 26.0 Å². The molecule has 0 aliphatic carbocycles. The molecule has 1 N–H and O–H groups in total. The van der Waals surface area contributed by atoms with Crippen molar-refractivity contribution in [3.05, 3.63) is 48.0 Å². The molecule has 2 aromatic carbocycles. The molecule has 0 aliphatic heterocycles. The number of fused-ring (bicyclic) bond motifs is 1. The number of hydrogen-bond acceptors (Lipinski definition) is 6. The van der Waals surface area contributed by atoms with E-state index >= 15 is 0 Å². The van der Waals surface area contributed by atoms with Crippen LogP contribution in [0.25, 0.3) is 10.2 Å². The van der Waals surface area contributed by atoms with Gasteiger partial charge in [0, 0.05) is 19.7 Å². The molecule has 1 amide bonds. The number of sulfonamides is 1. The molecule has 0 atom stereocenters. The molecular weight excluding hydrogens is 386 g/mol. The highest BCUT2D eigenvalue weighted by Gasteiger charge is 2.18. The summed E-state index contributed by atoms with van der Waals surface area (Å²) in [5.74, 6) is 0.405. The summed E-state index contributed by atoms with van der Waals surface area (Å²) in [6, 6.07) is 11.5. The van der Waals surface area contributed by atoms with E-state index in [2.05, 4.69) is 10.3 Å². The topological polar surface area (TPSA) is 88.6 Å². The Morgan fingerprint density at radius 3 is 2.52 bits per heavy atom. The molecule has 3 aromatic rings. The van der Waals surface area contributed by atoms with E-state index in [4.69, 9.17) is 4.74 Å². The van der Waals surface area contributed by atoms with Crippen LogP contribution in [0.2, 0.25) is 0 Å². The maximum absolute atomic E-state index is 12.4. The van der Waals surface area contributed by atoms with E-state index in [0.717, 1.165) is 4.31 Å². The summed E-state index contributed by atoms with van der Waals surface area (Å²) in [6.07, 6.45) is 0. The van der Waals surface area contributed by atoms with Gasteiger partial charge in [-0.1, -0.05) is 11.3 Å². The highest BCUT2D eigenvalue weighted by Crippen LogP contribution is 2.29. The molecule has 0 unspecified atom stereocenters. The van der Waals surface area contributed by atoms with Gasteiger partial charge in [0.1, 0.15) is 5.75 Å². The third kappa shape index (κ3) is 4.10. The molecule has 3 rings (SSSR count). The van der Waals surface area contributed by atoms with Crippen LogP contribution in [0.15, 0.2) is 47.4 Å². The van der Waals surface area contributed by atoms with Crippen molar-refractivity contribution in [1.82, 2.24) is 9.29 Å². The average molecular weight is 406 g/mol. The molecule has 142 valence electrons. The van der Waals surface area contributed by atoms with Crippen LogP contribution in [0.3, 0.4) is 0 Å². The van der Waals surface area contributed by atoms with Crippen LogP contribution in [0, 0.1) is 0 Å². The summed E-state index contributed by atoms with van der Waals surface area (Å²) in [5, 5.41) is 3.15. The zero-order chi connectivity index (χ0) is 19.6. The Morgan fingerprint density at radius 2 is 1.89 bits per heavy atom. The predicted octanol–water partition coefficient (Wildman–Crippen LogP) is 3.20. The number of ether oxygens (including phenoxy) is 1. The number of carbonyl (C=O) groups is 1. The van der Waals surface area contributed by atoms with E-state index in [1.165, 1.54) is 31.5 Å². The smallest absolute Gasteiger partial charge is 0.257 e. The molecule has 7 nitrogen and oxygen atoms in total. The zero-order valence-corrected chi connectivity index (χ0v) is 16.7. The number of hydrogen-bond donors (Lipinski definition) is 1. The lowest BCUT2D eigenvalue weighted by molar-refractivity contribution is 0.102. The fourth-order valence-corrected chi connectivity index (χ4v) is 4.27. The van der Waals surface area contributed by atoms with Crippen molar-refractivity contribution in [2.45, 2.75) is 11.8 Å². The van der Waals surface area contributed by atoms with Crippen molar-refractivity contribution in [3.63, 3.8) is 0 Å². The lowest BCUT2D eigenvalue weighted by atomic mass is 10.2. The molecule has 0 spiro atoms. The Morgan fingerprint density at radius 1 is 1.19 bits per heavy atom. The molecule has 0 saturated heterocycles. The Bertz CT molecular complexity index is 1070. The van der Waals surface area contributed by atoms with Crippen LogP contribution in [-0.4, -0.2) is 44.3 Å². The number of rotatable bonds is 6. The molecule has 0 radical (unpaired) electrons. The monoisotopic (exact) mass is 405 g/mol. The van der Waals surface area contributed by atoms with Crippen molar-refractivity contribution < 1.29 is 17.9 Å². The number of carbonyl (C=O) groups excluding carboxylic acids is 1. The van der Waals surface area contributed by atoms with Gasteiger partial charge in [0.15, 0.2) is 5.13 Å². The molecule has 0 fully saturated rings. The van der Waals surface area contributed by atoms with Gasteiger partial charge in [-0.05, 0) is 49.4 Å². The summed E-state index contributed by atoms with van der Waals surface area (Å²) in [5.41, 5.74) is 1.10. The van der Waals surface area contributed by atoms with Crippen LogP contribution in [0.4, 0.5) is 5.13 Å². The van der Waals surface area contributed by atoms with E-state index in [1.54, 1.807) is 36.4 Å². The summed E-state index contributed by atoms with van der Waals surface area (Å²) < 4.78 is 31.7. The number of benzene rings is 2. The van der Waals surface area contributed by atoms with Gasteiger partial charge in [0.2, 0.25) is 10.0 Å². The molecule has 1 aromatic heterocycles. The molecule has 0 saturated carbocycles. The Labute approximate surface area is 161 Å². The second kappa shape index (κ2) is 7.63. The van der Waals surface area contributed by atoms with Gasteiger partial charge in [0.25, 0.3) is 5.91 Å². The minimum Gasteiger partial charge on any atom is -0.494 e. The highest BCUT2D eigenvalue weighted by molar-refractivity contribution is 7.89. The van der Waals surface area contributed by atoms with Crippen LogP contribution in [-0.2, 0) is 10.0 Å². The van der Waals surface area contributed by atoms with Gasteiger partial charge in [-0.2, -0.15) is 0 Å². The van der Waals surface area contributed by atoms with E-state index < -0.39 is 10.0 Å². The average Bonchev–Trinajstić information content (AvgIpc) is 3.03. The fraction of sp³-hybridized carbons (Fsp3) is 0.222. The van der Waals surface area contributed by atoms with Gasteiger partial charge in [0.05, 0.1) is 21.7 Å². The van der Waals surface area contributed by atoms with Gasteiger partial charge < -0.3 is 4.74 Å². The molecule has 0 aliphatic rings. The maximum Gasteiger partial charge on any atom is 0.257 e. The van der Waals surface area contributed by atoms with E-state index in [1.807, 2.05) is 6.92 Å². The second-order valence-electron chi connectivity index (χ2n) is 5.85. The number of amides is 1. The second-order valence-corrected chi connectivity index (χ2v) is 9.03. The third-order valence-corrected chi connectivity index (χ3v) is 6.53. The SMILES string of the molecule is CCOc1ccc(C(=O)Nc2nc3ccc(S(=O)(=O)N(C)C)cc3s2)cc1. The summed E-state index contributed by atoms with van der Waals surface area (Å²) >= 11 is 1.22. The van der Waals surface area contributed by atoms with Crippen molar-refractivity contribution in [2.24, 2.45) is 0 Å². The minimum atomic E-state index is -3.52. The molecule has 0 bridgehead atoms. The molecular formula is C18H19N3O4S2. The van der Waals surface area contributed by atoms with E-state index in [-0.39, 0.29) is 10.8 Å². The molecule has 27 heavy (non-hydrogen) atoms. The normalized spacial score (nSPS) is 11.7. The first kappa shape index (κ1) is 19.3. The first-order valence-corrected chi connectivity index (χ1v) is 10.4.